The van der Waals surface area contributed by atoms with Gasteiger partial charge in [0.05, 0.1) is 5.69 Å². The number of nitrogen functional groups attached to an aromatic ring is 1. The third-order valence-electron chi connectivity index (χ3n) is 2.47. The number of rotatable bonds is 1. The Morgan fingerprint density at radius 1 is 1.17 bits per heavy atom. The first-order valence-corrected chi connectivity index (χ1v) is 7.01. The summed E-state index contributed by atoms with van der Waals surface area (Å²) in [6.07, 6.45) is 0. The molecule has 90 valence electrons. The zero-order valence-corrected chi connectivity index (χ0v) is 12.0. The SMILES string of the molecule is Nc1ccc(-c2nc3ccc(I)nc3s2)cc1F. The van der Waals surface area contributed by atoms with Gasteiger partial charge in [-0.2, -0.15) is 0 Å². The standard InChI is InChI=1S/C12H7FIN3S/c13-7-5-6(1-2-8(7)15)11-16-9-3-4-10(14)17-12(9)18-11/h1-5H,15H2. The number of halogens is 2. The fourth-order valence-electron chi connectivity index (χ4n) is 1.58. The normalized spacial score (nSPS) is 11.0. The molecule has 0 aliphatic heterocycles. The molecule has 2 heterocycles. The molecule has 2 aromatic heterocycles. The number of hydrogen-bond acceptors (Lipinski definition) is 4. The van der Waals surface area contributed by atoms with Gasteiger partial charge >= 0.3 is 0 Å². The van der Waals surface area contributed by atoms with Gasteiger partial charge in [-0.25, -0.2) is 14.4 Å². The van der Waals surface area contributed by atoms with Crippen LogP contribution in [-0.2, 0) is 0 Å². The van der Waals surface area contributed by atoms with Crippen molar-refractivity contribution in [1.82, 2.24) is 9.97 Å². The van der Waals surface area contributed by atoms with Gasteiger partial charge in [-0.1, -0.05) is 11.3 Å². The van der Waals surface area contributed by atoms with Gasteiger partial charge in [0.1, 0.15) is 24.9 Å². The highest BCUT2D eigenvalue weighted by Gasteiger charge is 2.09. The number of thiazole rings is 1. The van der Waals surface area contributed by atoms with E-state index in [2.05, 4.69) is 32.6 Å². The lowest BCUT2D eigenvalue weighted by atomic mass is 10.2. The Hall–Kier alpha value is -1.28. The Labute approximate surface area is 120 Å². The molecule has 0 spiro atoms. The molecule has 0 aliphatic rings. The molecule has 1 aromatic carbocycles. The summed E-state index contributed by atoms with van der Waals surface area (Å²) in [5, 5.41) is 0.749. The molecule has 0 radical (unpaired) electrons. The second-order valence-corrected chi connectivity index (χ2v) is 5.80. The molecule has 0 aliphatic carbocycles. The summed E-state index contributed by atoms with van der Waals surface area (Å²) < 4.78 is 14.3. The van der Waals surface area contributed by atoms with Gasteiger partial charge in [0.2, 0.25) is 0 Å². The molecule has 0 amide bonds. The van der Waals surface area contributed by atoms with Gasteiger partial charge in [-0.3, -0.25) is 0 Å². The lowest BCUT2D eigenvalue weighted by Gasteiger charge is -1.98. The van der Waals surface area contributed by atoms with Crippen LogP contribution in [0.4, 0.5) is 10.1 Å². The van der Waals surface area contributed by atoms with Gasteiger partial charge in [-0.15, -0.1) is 0 Å². The molecule has 3 nitrogen and oxygen atoms in total. The fourth-order valence-corrected chi connectivity index (χ4v) is 3.10. The van der Waals surface area contributed by atoms with Crippen molar-refractivity contribution in [1.29, 1.82) is 0 Å². The molecule has 18 heavy (non-hydrogen) atoms. The fraction of sp³-hybridized carbons (Fsp3) is 0. The maximum absolute atomic E-state index is 13.4. The Kier molecular flexibility index (Phi) is 2.90. The second kappa shape index (κ2) is 4.43. The van der Waals surface area contributed by atoms with Crippen LogP contribution in [-0.4, -0.2) is 9.97 Å². The number of pyridine rings is 1. The topological polar surface area (TPSA) is 51.8 Å². The summed E-state index contributed by atoms with van der Waals surface area (Å²) >= 11 is 3.60. The van der Waals surface area contributed by atoms with Gasteiger partial charge in [-0.05, 0) is 52.9 Å². The van der Waals surface area contributed by atoms with E-state index in [1.54, 1.807) is 12.1 Å². The zero-order chi connectivity index (χ0) is 12.7. The minimum absolute atomic E-state index is 0.146. The Morgan fingerprint density at radius 3 is 2.78 bits per heavy atom. The highest BCUT2D eigenvalue weighted by molar-refractivity contribution is 14.1. The van der Waals surface area contributed by atoms with Gasteiger partial charge in [0.25, 0.3) is 0 Å². The maximum Gasteiger partial charge on any atom is 0.146 e. The van der Waals surface area contributed by atoms with E-state index in [4.69, 9.17) is 5.73 Å². The summed E-state index contributed by atoms with van der Waals surface area (Å²) in [4.78, 5) is 9.68. The lowest BCUT2D eigenvalue weighted by Crippen LogP contribution is -1.90. The van der Waals surface area contributed by atoms with Gasteiger partial charge in [0.15, 0.2) is 0 Å². The second-order valence-electron chi connectivity index (χ2n) is 3.71. The first-order valence-electron chi connectivity index (χ1n) is 5.12. The maximum atomic E-state index is 13.4. The molecule has 0 atom stereocenters. The molecule has 6 heteroatoms. The van der Waals surface area contributed by atoms with Crippen molar-refractivity contribution < 1.29 is 4.39 Å². The van der Waals surface area contributed by atoms with Crippen molar-refractivity contribution in [3.05, 3.63) is 39.8 Å². The molecule has 0 saturated carbocycles. The lowest BCUT2D eigenvalue weighted by molar-refractivity contribution is 0.633. The number of hydrogen-bond donors (Lipinski definition) is 1. The van der Waals surface area contributed by atoms with Crippen LogP contribution in [0.1, 0.15) is 0 Å². The van der Waals surface area contributed by atoms with E-state index in [-0.39, 0.29) is 5.69 Å². The highest BCUT2D eigenvalue weighted by atomic mass is 127. The average Bonchev–Trinajstić information content (AvgIpc) is 2.75. The van der Waals surface area contributed by atoms with Crippen molar-refractivity contribution in [3.8, 4) is 10.6 Å². The first kappa shape index (κ1) is 11.8. The number of nitrogens with two attached hydrogens (primary N) is 1. The molecule has 0 bridgehead atoms. The summed E-state index contributed by atoms with van der Waals surface area (Å²) in [6, 6.07) is 8.53. The zero-order valence-electron chi connectivity index (χ0n) is 9.02. The van der Waals surface area contributed by atoms with Crippen LogP contribution in [0.3, 0.4) is 0 Å². The van der Waals surface area contributed by atoms with Crippen LogP contribution in [0.5, 0.6) is 0 Å². The first-order chi connectivity index (χ1) is 8.63. The monoisotopic (exact) mass is 371 g/mol. The van der Waals surface area contributed by atoms with Gasteiger partial charge < -0.3 is 5.73 Å². The number of anilines is 1. The highest BCUT2D eigenvalue weighted by Crippen LogP contribution is 2.30. The largest absolute Gasteiger partial charge is 0.396 e. The van der Waals surface area contributed by atoms with E-state index < -0.39 is 5.82 Å². The Morgan fingerprint density at radius 2 is 2.00 bits per heavy atom. The van der Waals surface area contributed by atoms with Crippen molar-refractivity contribution >= 4 is 50.0 Å². The summed E-state index contributed by atoms with van der Waals surface area (Å²) in [5.41, 5.74) is 7.15. The average molecular weight is 371 g/mol. The van der Waals surface area contributed by atoms with Gasteiger partial charge in [0, 0.05) is 5.56 Å². The summed E-state index contributed by atoms with van der Waals surface area (Å²) in [6.45, 7) is 0. The van der Waals surface area contributed by atoms with Crippen LogP contribution < -0.4 is 5.73 Å². The van der Waals surface area contributed by atoms with Crippen molar-refractivity contribution in [2.45, 2.75) is 0 Å². The number of aromatic nitrogens is 2. The third-order valence-corrected chi connectivity index (χ3v) is 4.08. The van der Waals surface area contributed by atoms with Crippen LogP contribution in [0, 0.1) is 9.52 Å². The minimum Gasteiger partial charge on any atom is -0.396 e. The van der Waals surface area contributed by atoms with Crippen molar-refractivity contribution in [2.75, 3.05) is 5.73 Å². The summed E-state index contributed by atoms with van der Waals surface area (Å²) in [7, 11) is 0. The van der Waals surface area contributed by atoms with E-state index in [0.29, 0.717) is 0 Å². The molecular formula is C12H7FIN3S. The smallest absolute Gasteiger partial charge is 0.146 e. The molecule has 0 saturated heterocycles. The van der Waals surface area contributed by atoms with E-state index >= 15 is 0 Å². The molecule has 3 aromatic rings. The molecule has 0 fully saturated rings. The molecular weight excluding hydrogens is 364 g/mol. The summed E-state index contributed by atoms with van der Waals surface area (Å²) in [5.74, 6) is -0.422. The Balaban J connectivity index is 2.16. The van der Waals surface area contributed by atoms with E-state index in [1.807, 2.05) is 12.1 Å². The molecule has 3 rings (SSSR count). The third kappa shape index (κ3) is 2.05. The van der Waals surface area contributed by atoms with Crippen LogP contribution >= 0.6 is 33.9 Å². The van der Waals surface area contributed by atoms with Crippen LogP contribution in [0.15, 0.2) is 30.3 Å². The number of benzene rings is 1. The minimum atomic E-state index is -0.422. The van der Waals surface area contributed by atoms with Crippen LogP contribution in [0.25, 0.3) is 20.9 Å². The predicted molar refractivity (Wildman–Crippen MR) is 79.9 cm³/mol. The number of nitrogens with zero attached hydrogens (tertiary/aromatic N) is 2. The predicted octanol–water partition coefficient (Wildman–Crippen LogP) is 3.68. The van der Waals surface area contributed by atoms with E-state index in [1.165, 1.54) is 17.4 Å². The molecule has 2 N–H and O–H groups in total. The molecule has 0 unspecified atom stereocenters. The van der Waals surface area contributed by atoms with E-state index in [9.17, 15) is 4.39 Å². The van der Waals surface area contributed by atoms with Crippen molar-refractivity contribution in [3.63, 3.8) is 0 Å². The Bertz CT molecular complexity index is 741. The van der Waals surface area contributed by atoms with Crippen molar-refractivity contribution in [2.24, 2.45) is 0 Å². The van der Waals surface area contributed by atoms with E-state index in [0.717, 1.165) is 24.6 Å². The van der Waals surface area contributed by atoms with Crippen LogP contribution in [0.2, 0.25) is 0 Å². The number of fused-ring (bicyclic) bond motifs is 1. The quantitative estimate of drug-likeness (QED) is 0.403.